The van der Waals surface area contributed by atoms with Crippen molar-refractivity contribution in [1.82, 2.24) is 4.90 Å². The summed E-state index contributed by atoms with van der Waals surface area (Å²) in [6, 6.07) is -0.759. The van der Waals surface area contributed by atoms with Gasteiger partial charge in [0.05, 0.1) is 26.4 Å². The molecule has 0 aromatic rings. The van der Waals surface area contributed by atoms with Crippen molar-refractivity contribution in [3.05, 3.63) is 11.8 Å². The van der Waals surface area contributed by atoms with Gasteiger partial charge in [0.25, 0.3) is 0 Å². The van der Waals surface area contributed by atoms with Crippen LogP contribution in [0.5, 0.6) is 0 Å². The number of carbonyl (C=O) groups excluding carboxylic acids is 2. The summed E-state index contributed by atoms with van der Waals surface area (Å²) >= 11 is 0. The predicted octanol–water partition coefficient (Wildman–Crippen LogP) is 1.31. The van der Waals surface area contributed by atoms with E-state index in [1.54, 1.807) is 19.9 Å². The van der Waals surface area contributed by atoms with Gasteiger partial charge in [-0.05, 0) is 26.8 Å². The first-order chi connectivity index (χ1) is 8.63. The molecule has 1 heterocycles. The lowest BCUT2D eigenvalue weighted by Crippen LogP contribution is -2.42. The SMILES string of the molecule is CCOC(=O)[C@H]1C=C(OCC)CN1C(=O)OCC. The monoisotopic (exact) mass is 257 g/mol. The molecule has 0 aliphatic carbocycles. The summed E-state index contributed by atoms with van der Waals surface area (Å²) in [4.78, 5) is 24.8. The lowest BCUT2D eigenvalue weighted by molar-refractivity contribution is -0.146. The van der Waals surface area contributed by atoms with Crippen molar-refractivity contribution in [3.63, 3.8) is 0 Å². The molecule has 0 bridgehead atoms. The first-order valence-corrected chi connectivity index (χ1v) is 6.07. The van der Waals surface area contributed by atoms with Gasteiger partial charge in [0.1, 0.15) is 5.76 Å². The van der Waals surface area contributed by atoms with Crippen LogP contribution in [0.4, 0.5) is 4.79 Å². The van der Waals surface area contributed by atoms with E-state index < -0.39 is 18.1 Å². The number of hydrogen-bond donors (Lipinski definition) is 0. The van der Waals surface area contributed by atoms with Gasteiger partial charge in [-0.2, -0.15) is 0 Å². The van der Waals surface area contributed by atoms with Gasteiger partial charge in [0.2, 0.25) is 0 Å². The highest BCUT2D eigenvalue weighted by atomic mass is 16.6. The Morgan fingerprint density at radius 2 is 1.89 bits per heavy atom. The van der Waals surface area contributed by atoms with Gasteiger partial charge in [-0.25, -0.2) is 9.59 Å². The molecule has 0 fully saturated rings. The third-order valence-corrected chi connectivity index (χ3v) is 2.37. The van der Waals surface area contributed by atoms with Gasteiger partial charge in [0.15, 0.2) is 6.04 Å². The second-order valence-corrected chi connectivity index (χ2v) is 3.59. The van der Waals surface area contributed by atoms with Crippen molar-refractivity contribution in [2.45, 2.75) is 26.8 Å². The Kier molecular flexibility index (Phi) is 5.48. The molecule has 6 nitrogen and oxygen atoms in total. The average molecular weight is 257 g/mol. The average Bonchev–Trinajstić information content (AvgIpc) is 2.74. The molecular formula is C12H19NO5. The van der Waals surface area contributed by atoms with Gasteiger partial charge in [-0.15, -0.1) is 0 Å². The molecule has 0 aromatic heterocycles. The molecule has 1 amide bonds. The molecule has 0 spiro atoms. The minimum atomic E-state index is -0.759. The van der Waals surface area contributed by atoms with Crippen molar-refractivity contribution in [1.29, 1.82) is 0 Å². The summed E-state index contributed by atoms with van der Waals surface area (Å²) in [5.41, 5.74) is 0. The van der Waals surface area contributed by atoms with Crippen LogP contribution in [0.1, 0.15) is 20.8 Å². The van der Waals surface area contributed by atoms with Crippen LogP contribution in [-0.2, 0) is 19.0 Å². The maximum absolute atomic E-state index is 11.7. The van der Waals surface area contributed by atoms with Crippen LogP contribution in [0.3, 0.4) is 0 Å². The summed E-state index contributed by atoms with van der Waals surface area (Å²) in [7, 11) is 0. The first kappa shape index (κ1) is 14.3. The third-order valence-electron chi connectivity index (χ3n) is 2.37. The van der Waals surface area contributed by atoms with Gasteiger partial charge < -0.3 is 14.2 Å². The highest BCUT2D eigenvalue weighted by molar-refractivity contribution is 5.84. The zero-order valence-corrected chi connectivity index (χ0v) is 11.0. The molecule has 0 N–H and O–H groups in total. The zero-order chi connectivity index (χ0) is 13.5. The molecule has 6 heteroatoms. The molecule has 0 saturated heterocycles. The van der Waals surface area contributed by atoms with Crippen molar-refractivity contribution < 1.29 is 23.8 Å². The van der Waals surface area contributed by atoms with E-state index in [0.29, 0.717) is 12.4 Å². The molecule has 102 valence electrons. The van der Waals surface area contributed by atoms with Crippen molar-refractivity contribution in [2.75, 3.05) is 26.4 Å². The Hall–Kier alpha value is -1.72. The second kappa shape index (κ2) is 6.88. The lowest BCUT2D eigenvalue weighted by atomic mass is 10.3. The fourth-order valence-corrected chi connectivity index (χ4v) is 1.67. The topological polar surface area (TPSA) is 65.1 Å². The van der Waals surface area contributed by atoms with Crippen LogP contribution in [0.25, 0.3) is 0 Å². The number of hydrogen-bond acceptors (Lipinski definition) is 5. The largest absolute Gasteiger partial charge is 0.497 e. The van der Waals surface area contributed by atoms with Crippen LogP contribution < -0.4 is 0 Å². The number of nitrogens with zero attached hydrogens (tertiary/aromatic N) is 1. The number of rotatable bonds is 5. The lowest BCUT2D eigenvalue weighted by Gasteiger charge is -2.21. The van der Waals surface area contributed by atoms with Gasteiger partial charge in [0, 0.05) is 0 Å². The maximum atomic E-state index is 11.7. The molecule has 1 aliphatic rings. The van der Waals surface area contributed by atoms with E-state index in [4.69, 9.17) is 14.2 Å². The smallest absolute Gasteiger partial charge is 0.411 e. The maximum Gasteiger partial charge on any atom is 0.411 e. The second-order valence-electron chi connectivity index (χ2n) is 3.59. The Bertz CT molecular complexity index is 339. The van der Waals surface area contributed by atoms with Crippen molar-refractivity contribution in [3.8, 4) is 0 Å². The molecule has 0 aromatic carbocycles. The Balaban J connectivity index is 2.77. The van der Waals surface area contributed by atoms with E-state index >= 15 is 0 Å². The highest BCUT2D eigenvalue weighted by Crippen LogP contribution is 2.19. The van der Waals surface area contributed by atoms with Crippen LogP contribution in [0.15, 0.2) is 11.8 Å². The van der Waals surface area contributed by atoms with Crippen LogP contribution in [0.2, 0.25) is 0 Å². The van der Waals surface area contributed by atoms with E-state index in [1.807, 2.05) is 6.92 Å². The number of esters is 1. The normalized spacial score (nSPS) is 18.3. The van der Waals surface area contributed by atoms with E-state index in [2.05, 4.69) is 0 Å². The summed E-state index contributed by atoms with van der Waals surface area (Å²) in [6.45, 7) is 6.51. The molecule has 1 aliphatic heterocycles. The zero-order valence-electron chi connectivity index (χ0n) is 11.0. The minimum absolute atomic E-state index is 0.232. The fourth-order valence-electron chi connectivity index (χ4n) is 1.67. The first-order valence-electron chi connectivity index (χ1n) is 6.07. The number of amides is 1. The highest BCUT2D eigenvalue weighted by Gasteiger charge is 2.36. The predicted molar refractivity (Wildman–Crippen MR) is 63.9 cm³/mol. The Morgan fingerprint density at radius 3 is 2.44 bits per heavy atom. The van der Waals surface area contributed by atoms with E-state index in [9.17, 15) is 9.59 Å². The summed E-state index contributed by atoms with van der Waals surface area (Å²) in [6.07, 6.45) is 1.06. The molecule has 0 saturated carbocycles. The van der Waals surface area contributed by atoms with Crippen molar-refractivity contribution in [2.24, 2.45) is 0 Å². The molecular weight excluding hydrogens is 238 g/mol. The Labute approximate surface area is 106 Å². The quantitative estimate of drug-likeness (QED) is 0.695. The molecule has 1 atom stereocenters. The van der Waals surface area contributed by atoms with E-state index in [0.717, 1.165) is 0 Å². The summed E-state index contributed by atoms with van der Waals surface area (Å²) in [5, 5.41) is 0. The molecule has 1 rings (SSSR count). The molecule has 0 radical (unpaired) electrons. The third kappa shape index (κ3) is 3.38. The standard InChI is InChI=1S/C12H19NO5/c1-4-16-9-7-10(11(14)17-5-2)13(8-9)12(15)18-6-3/h7,10H,4-6,8H2,1-3H3/t10-/m1/s1. The van der Waals surface area contributed by atoms with Crippen molar-refractivity contribution >= 4 is 12.1 Å². The molecule has 18 heavy (non-hydrogen) atoms. The van der Waals surface area contributed by atoms with Gasteiger partial charge in [-0.3, -0.25) is 4.90 Å². The number of ether oxygens (including phenoxy) is 3. The van der Waals surface area contributed by atoms with Crippen LogP contribution >= 0.6 is 0 Å². The van der Waals surface area contributed by atoms with Gasteiger partial charge in [-0.1, -0.05) is 0 Å². The van der Waals surface area contributed by atoms with Gasteiger partial charge >= 0.3 is 12.1 Å². The van der Waals surface area contributed by atoms with Crippen LogP contribution in [-0.4, -0.2) is 49.4 Å². The molecule has 0 unspecified atom stereocenters. The van der Waals surface area contributed by atoms with Crippen LogP contribution in [0, 0.1) is 0 Å². The van der Waals surface area contributed by atoms with E-state index in [1.165, 1.54) is 4.90 Å². The Morgan fingerprint density at radius 1 is 1.22 bits per heavy atom. The summed E-state index contributed by atoms with van der Waals surface area (Å²) in [5.74, 6) is 0.115. The van der Waals surface area contributed by atoms with E-state index in [-0.39, 0.29) is 19.8 Å². The summed E-state index contributed by atoms with van der Waals surface area (Å²) < 4.78 is 15.1. The minimum Gasteiger partial charge on any atom is -0.497 e. The fraction of sp³-hybridized carbons (Fsp3) is 0.667. The number of carbonyl (C=O) groups is 2.